The number of nitrogens with one attached hydrogen (secondary N) is 5. The van der Waals surface area contributed by atoms with Crippen LogP contribution in [-0.4, -0.2) is 123 Å². The number of aromatic nitrogens is 4. The van der Waals surface area contributed by atoms with Gasteiger partial charge in [0.25, 0.3) is 5.69 Å². The van der Waals surface area contributed by atoms with Crippen molar-refractivity contribution in [2.75, 3.05) is 118 Å². The molecule has 448 valence electrons. The number of nitrogens with zero attached hydrogens (tertiary/aromatic N) is 8. The Kier molecular flexibility index (Phi) is 21.5. The summed E-state index contributed by atoms with van der Waals surface area (Å²) in [6, 6.07) is 22.8. The zero-order valence-corrected chi connectivity index (χ0v) is 51.3. The molecule has 4 aromatic carbocycles. The van der Waals surface area contributed by atoms with Crippen LogP contribution in [0.1, 0.15) is 77.3 Å². The van der Waals surface area contributed by atoms with Crippen molar-refractivity contribution in [2.24, 2.45) is 10.8 Å². The van der Waals surface area contributed by atoms with Crippen LogP contribution >= 0.6 is 37.5 Å². The Balaban J connectivity index is 0.000000250. The van der Waals surface area contributed by atoms with Crippen LogP contribution in [0.3, 0.4) is 0 Å². The number of aryl methyl sites for hydroxylation is 2. The first-order valence-electron chi connectivity index (χ1n) is 27.2. The molecule has 4 heterocycles. The van der Waals surface area contributed by atoms with Crippen LogP contribution in [0.15, 0.2) is 85.2 Å². The minimum Gasteiger partial charge on any atom is -0.397 e. The van der Waals surface area contributed by atoms with Gasteiger partial charge in [-0.15, -0.1) is 0 Å². The molecule has 0 radical (unpaired) electrons. The number of nitrogen functional groups attached to an aromatic ring is 1. The van der Waals surface area contributed by atoms with Crippen molar-refractivity contribution in [2.45, 2.75) is 86.1 Å². The number of rotatable bonds is 14. The maximum Gasteiger partial charge on any atom is 0.294 e. The van der Waals surface area contributed by atoms with E-state index in [1.165, 1.54) is 25.2 Å². The van der Waals surface area contributed by atoms with E-state index in [4.69, 9.17) is 28.9 Å². The van der Waals surface area contributed by atoms with Crippen molar-refractivity contribution in [3.8, 4) is 0 Å². The number of piperidine rings is 2. The summed E-state index contributed by atoms with van der Waals surface area (Å²) >= 11 is 12.8. The maximum atomic E-state index is 12.8. The first-order valence-corrected chi connectivity index (χ1v) is 33.1. The Morgan fingerprint density at radius 1 is 0.663 bits per heavy atom. The molecule has 2 aliphatic heterocycles. The van der Waals surface area contributed by atoms with Crippen molar-refractivity contribution in [3.05, 3.63) is 116 Å². The number of carbonyl (C=O) groups is 1. The van der Waals surface area contributed by atoms with Crippen LogP contribution in [0.4, 0.5) is 69.0 Å². The summed E-state index contributed by atoms with van der Waals surface area (Å²) in [6.45, 7) is 14.2. The summed E-state index contributed by atoms with van der Waals surface area (Å²) in [4.78, 5) is 47.9. The number of carbonyl (C=O) groups excluding carboxylic acids is 1. The molecule has 0 bridgehead atoms. The molecule has 4 aliphatic rings. The van der Waals surface area contributed by atoms with Gasteiger partial charge < -0.3 is 56.1 Å². The number of para-hydroxylation sites is 2. The average molecular weight is 1210 g/mol. The van der Waals surface area contributed by atoms with E-state index >= 15 is 0 Å². The van der Waals surface area contributed by atoms with Gasteiger partial charge in [-0.1, -0.05) is 62.3 Å². The number of hydrogen-bond acceptors (Lipinski definition) is 18. The molecule has 83 heavy (non-hydrogen) atoms. The van der Waals surface area contributed by atoms with Gasteiger partial charge in [-0.25, -0.2) is 9.97 Å². The average Bonchev–Trinajstić information content (AvgIpc) is 3.13. The molecule has 0 unspecified atom stereocenters. The van der Waals surface area contributed by atoms with E-state index in [0.29, 0.717) is 73.6 Å². The Hall–Kier alpha value is -6.33. The number of nitro benzene ring substituents is 1. The van der Waals surface area contributed by atoms with Crippen LogP contribution in [0.25, 0.3) is 0 Å². The summed E-state index contributed by atoms with van der Waals surface area (Å²) in [5.74, 6) is 1.74. The monoisotopic (exact) mass is 1210 g/mol. The Bertz CT molecular complexity index is 3380. The number of Topliss-reactive ketones (excluding diaryl/α,β-unsaturated/α-hetero) is 1. The van der Waals surface area contributed by atoms with E-state index < -0.39 is 14.3 Å². The fourth-order valence-electron chi connectivity index (χ4n) is 11.3. The third-order valence-electron chi connectivity index (χ3n) is 15.9. The molecule has 7 N–H and O–H groups in total. The zero-order valence-electron chi connectivity index (χ0n) is 48.0. The summed E-state index contributed by atoms with van der Waals surface area (Å²) in [7, 11) is 2.95. The van der Waals surface area contributed by atoms with Gasteiger partial charge in [0.05, 0.1) is 45.8 Å². The fraction of sp³-hybridized carbons (Fsp3) is 0.450. The smallest absolute Gasteiger partial charge is 0.294 e. The van der Waals surface area contributed by atoms with Crippen LogP contribution in [0.5, 0.6) is 0 Å². The third-order valence-corrected chi connectivity index (χ3v) is 19.5. The number of hydrogen-bond donors (Lipinski definition) is 6. The standard InChI is InChI=1S/C29H37ClN7O3P.C27H32ClN6O2P.C2H7N.2CH4/c1-19-14-24(36-12-10-29(11-13-36)16-20(17-29)35(2)3)25(37(38)39)15-23(19)33-28-31-18-21(30)27(34-28)32-22-8-6-7-9-26(22)41(4,5)40;1-17-12-23(34-10-8-27(9-11-34)14-18(35)15-27)20(29)13-22(17)32-26-30-16-19(28)25(33-26)31-21-6-4-5-7-24(21)37(2,3)36;1-3-2;;/h6-9,14-15,18,20H,10-13,16-17H2,1-5H3,(H2,31,32,33,34);4-7,12-13,16H,8-11,14-15,29H2,1-3H3,(H2,30,31,32,33);3H,1-2H3;2*1H4. The van der Waals surface area contributed by atoms with Gasteiger partial charge >= 0.3 is 0 Å². The topological polar surface area (TPSA) is 242 Å². The van der Waals surface area contributed by atoms with E-state index in [9.17, 15) is 24.0 Å². The van der Waals surface area contributed by atoms with Gasteiger partial charge in [0.2, 0.25) is 11.9 Å². The summed E-state index contributed by atoms with van der Waals surface area (Å²) < 4.78 is 25.5. The molecule has 2 aliphatic carbocycles. The highest BCUT2D eigenvalue weighted by molar-refractivity contribution is 7.70. The lowest BCUT2D eigenvalue weighted by molar-refractivity contribution is -0.384. The van der Waals surface area contributed by atoms with E-state index in [1.807, 2.05) is 88.6 Å². The molecular formula is C60H84Cl2N14O5P2. The lowest BCUT2D eigenvalue weighted by Gasteiger charge is -2.54. The number of nitrogens with two attached hydrogens (primary N) is 1. The molecule has 10 rings (SSSR count). The maximum absolute atomic E-state index is 12.8. The summed E-state index contributed by atoms with van der Waals surface area (Å²) in [5, 5.41) is 29.8. The summed E-state index contributed by atoms with van der Waals surface area (Å²) in [5.41, 5.74) is 14.0. The molecule has 2 aromatic heterocycles. The fourth-order valence-corrected chi connectivity index (χ4v) is 13.8. The van der Waals surface area contributed by atoms with E-state index in [2.05, 4.69) is 81.4 Å². The molecule has 23 heteroatoms. The lowest BCUT2D eigenvalue weighted by atomic mass is 9.60. The van der Waals surface area contributed by atoms with Gasteiger partial charge in [-0.3, -0.25) is 14.9 Å². The van der Waals surface area contributed by atoms with Crippen LogP contribution in [0, 0.1) is 34.8 Å². The van der Waals surface area contributed by atoms with Crippen LogP contribution < -0.4 is 52.7 Å². The molecule has 0 atom stereocenters. The molecule has 2 saturated heterocycles. The van der Waals surface area contributed by atoms with Gasteiger partial charge in [0, 0.05) is 67.4 Å². The predicted octanol–water partition coefficient (Wildman–Crippen LogP) is 13.2. The normalized spacial score (nSPS) is 16.2. The van der Waals surface area contributed by atoms with Crippen molar-refractivity contribution < 1.29 is 18.8 Å². The number of ketones is 1. The SMILES string of the molecule is C.C.CNC.Cc1cc(N2CCC3(CC2)CC(=O)C3)c(N)cc1Nc1ncc(Cl)c(Nc2ccccc2P(C)(C)=O)n1.Cc1cc(N2CCC3(CC2)CC(N(C)C)C3)c([N+](=O)[O-])cc1Nc1ncc(Cl)c(Nc2ccccc2P(C)(C)=O)n1. The number of benzene rings is 4. The molecule has 19 nitrogen and oxygen atoms in total. The minimum absolute atomic E-state index is 0. The molecule has 0 amide bonds. The highest BCUT2D eigenvalue weighted by atomic mass is 35.5. The molecule has 6 aromatic rings. The Labute approximate surface area is 500 Å². The van der Waals surface area contributed by atoms with Gasteiger partial charge in [-0.05, 0) is 172 Å². The Morgan fingerprint density at radius 3 is 1.49 bits per heavy atom. The first-order chi connectivity index (χ1) is 38.3. The van der Waals surface area contributed by atoms with Gasteiger partial charge in [0.1, 0.15) is 35.8 Å². The Morgan fingerprint density at radius 2 is 1.07 bits per heavy atom. The van der Waals surface area contributed by atoms with Gasteiger partial charge in [-0.2, -0.15) is 9.97 Å². The van der Waals surface area contributed by atoms with Crippen LogP contribution in [0.2, 0.25) is 10.0 Å². The second-order valence-electron chi connectivity index (χ2n) is 23.0. The molecule has 2 saturated carbocycles. The second-order valence-corrected chi connectivity index (χ2v) is 30.2. The van der Waals surface area contributed by atoms with Crippen molar-refractivity contribution in [3.63, 3.8) is 0 Å². The van der Waals surface area contributed by atoms with Crippen molar-refractivity contribution >= 4 is 123 Å². The predicted molar refractivity (Wildman–Crippen MR) is 349 cm³/mol. The zero-order chi connectivity index (χ0) is 58.6. The van der Waals surface area contributed by atoms with Crippen molar-refractivity contribution in [1.82, 2.24) is 30.2 Å². The lowest BCUT2D eigenvalue weighted by Crippen LogP contribution is -2.53. The molecule has 4 fully saturated rings. The molecule has 2 spiro atoms. The quantitative estimate of drug-likeness (QED) is 0.0257. The van der Waals surface area contributed by atoms with E-state index in [0.717, 1.165) is 92.5 Å². The summed E-state index contributed by atoms with van der Waals surface area (Å²) in [6.07, 6.45) is 11.0. The van der Waals surface area contributed by atoms with E-state index in [-0.39, 0.29) is 41.8 Å². The molecular weight excluding hydrogens is 1130 g/mol. The van der Waals surface area contributed by atoms with Crippen LogP contribution in [-0.2, 0) is 13.9 Å². The van der Waals surface area contributed by atoms with Gasteiger partial charge in [0.15, 0.2) is 11.6 Å². The number of nitro groups is 1. The second kappa shape index (κ2) is 27.1. The minimum atomic E-state index is -2.56. The highest BCUT2D eigenvalue weighted by Crippen LogP contribution is 2.52. The first kappa shape index (κ1) is 65.8. The van der Waals surface area contributed by atoms with Crippen molar-refractivity contribution in [1.29, 1.82) is 0 Å². The highest BCUT2D eigenvalue weighted by Gasteiger charge is 2.47. The third kappa shape index (κ3) is 15.7. The van der Waals surface area contributed by atoms with E-state index in [1.54, 1.807) is 32.7 Å². The number of halogens is 2. The number of anilines is 11. The largest absolute Gasteiger partial charge is 0.397 e.